The second-order valence-electron chi connectivity index (χ2n) is 8.34. The van der Waals surface area contributed by atoms with Crippen molar-refractivity contribution in [3.05, 3.63) is 105 Å². The highest BCUT2D eigenvalue weighted by Gasteiger charge is 2.21. The Morgan fingerprint density at radius 2 is 1.12 bits per heavy atom. The van der Waals surface area contributed by atoms with E-state index in [1.54, 1.807) is 12.1 Å². The van der Waals surface area contributed by atoms with Crippen LogP contribution in [0.3, 0.4) is 0 Å². The molecule has 0 aliphatic carbocycles. The molecular weight excluding hydrogens is 473 g/mol. The van der Waals surface area contributed by atoms with Gasteiger partial charge >= 0.3 is 0 Å². The highest BCUT2D eigenvalue weighted by atomic mass is 35.5. The fourth-order valence-corrected chi connectivity index (χ4v) is 3.69. The number of nitriles is 2. The van der Waals surface area contributed by atoms with Crippen molar-refractivity contribution in [3.8, 4) is 12.1 Å². The first-order chi connectivity index (χ1) is 15.4. The number of halogens is 3. The highest BCUT2D eigenvalue weighted by molar-refractivity contribution is 6.32. The van der Waals surface area contributed by atoms with Gasteiger partial charge in [0.2, 0.25) is 0 Å². The molecule has 0 spiro atoms. The van der Waals surface area contributed by atoms with E-state index in [1.165, 1.54) is 0 Å². The Kier molecular flexibility index (Phi) is 11.4. The van der Waals surface area contributed by atoms with Crippen LogP contribution in [-0.4, -0.2) is 0 Å². The summed E-state index contributed by atoms with van der Waals surface area (Å²) < 4.78 is 0. The first kappa shape index (κ1) is 28.5. The molecule has 0 unspecified atom stereocenters. The maximum Gasteiger partial charge on any atom is 0.0780 e. The van der Waals surface area contributed by atoms with E-state index < -0.39 is 5.41 Å². The van der Waals surface area contributed by atoms with E-state index in [9.17, 15) is 0 Å². The Morgan fingerprint density at radius 1 is 0.697 bits per heavy atom. The number of benzene rings is 3. The van der Waals surface area contributed by atoms with Crippen molar-refractivity contribution in [1.82, 2.24) is 0 Å². The zero-order chi connectivity index (χ0) is 25.1. The largest absolute Gasteiger partial charge is 0.322 e. The summed E-state index contributed by atoms with van der Waals surface area (Å²) in [5, 5.41) is 19.3. The van der Waals surface area contributed by atoms with E-state index in [0.717, 1.165) is 21.7 Å². The topological polar surface area (TPSA) is 73.6 Å². The van der Waals surface area contributed by atoms with Gasteiger partial charge in [-0.2, -0.15) is 10.5 Å². The summed E-state index contributed by atoms with van der Waals surface area (Å²) in [6.07, 6.45) is 0.389. The number of nitrogens with zero attached hydrogens (tertiary/aromatic N) is 2. The lowest BCUT2D eigenvalue weighted by molar-refractivity contribution is 0.555. The van der Waals surface area contributed by atoms with Crippen LogP contribution in [0.25, 0.3) is 0 Å². The van der Waals surface area contributed by atoms with Crippen molar-refractivity contribution in [1.29, 1.82) is 10.5 Å². The van der Waals surface area contributed by atoms with Crippen LogP contribution in [0.2, 0.25) is 15.1 Å². The van der Waals surface area contributed by atoms with Gasteiger partial charge in [-0.05, 0) is 62.6 Å². The molecule has 3 rings (SSSR count). The monoisotopic (exact) mass is 499 g/mol. The first-order valence-electron chi connectivity index (χ1n) is 10.2. The minimum Gasteiger partial charge on any atom is -0.322 e. The third-order valence-corrected chi connectivity index (χ3v) is 5.65. The van der Waals surface area contributed by atoms with Crippen molar-refractivity contribution in [3.63, 3.8) is 0 Å². The molecular formula is C27H28Cl3N3. The van der Waals surface area contributed by atoms with Gasteiger partial charge < -0.3 is 5.73 Å². The molecule has 2 N–H and O–H groups in total. The molecule has 3 aromatic carbocycles. The Bertz CT molecular complexity index is 1120. The molecule has 0 radical (unpaired) electrons. The van der Waals surface area contributed by atoms with E-state index >= 15 is 0 Å². The third kappa shape index (κ3) is 9.47. The first-order valence-corrected chi connectivity index (χ1v) is 11.4. The molecule has 0 bridgehead atoms. The molecule has 0 heterocycles. The van der Waals surface area contributed by atoms with E-state index in [4.69, 9.17) is 51.1 Å². The second kappa shape index (κ2) is 13.2. The molecule has 0 aliphatic heterocycles. The lowest BCUT2D eigenvalue weighted by Crippen LogP contribution is -2.28. The van der Waals surface area contributed by atoms with Crippen LogP contribution < -0.4 is 5.73 Å². The lowest BCUT2D eigenvalue weighted by atomic mass is 9.86. The van der Waals surface area contributed by atoms with E-state index in [-0.39, 0.29) is 5.54 Å². The van der Waals surface area contributed by atoms with Gasteiger partial charge in [-0.1, -0.05) is 89.4 Å². The molecule has 3 aromatic rings. The van der Waals surface area contributed by atoms with E-state index in [1.807, 2.05) is 94.4 Å². The summed E-state index contributed by atoms with van der Waals surface area (Å²) >= 11 is 17.6. The van der Waals surface area contributed by atoms with E-state index in [2.05, 4.69) is 6.07 Å². The number of nitrogens with two attached hydrogens (primary N) is 1. The minimum absolute atomic E-state index is 0.349. The van der Waals surface area contributed by atoms with Gasteiger partial charge in [0.1, 0.15) is 0 Å². The summed E-state index contributed by atoms with van der Waals surface area (Å²) in [7, 11) is 0. The smallest absolute Gasteiger partial charge is 0.0780 e. The molecule has 0 atom stereocenters. The maximum absolute atomic E-state index is 8.86. The molecule has 0 amide bonds. The van der Waals surface area contributed by atoms with E-state index in [0.29, 0.717) is 16.5 Å². The van der Waals surface area contributed by atoms with Gasteiger partial charge in [0, 0.05) is 20.6 Å². The van der Waals surface area contributed by atoms with Crippen LogP contribution in [0.5, 0.6) is 0 Å². The fraction of sp³-hybridized carbons (Fsp3) is 0.259. The highest BCUT2D eigenvalue weighted by Crippen LogP contribution is 2.28. The minimum atomic E-state index is -0.502. The zero-order valence-electron chi connectivity index (χ0n) is 19.2. The quantitative estimate of drug-likeness (QED) is 0.395. The number of hydrogen-bond acceptors (Lipinski definition) is 3. The Morgan fingerprint density at radius 3 is 1.48 bits per heavy atom. The molecule has 33 heavy (non-hydrogen) atoms. The second-order valence-corrected chi connectivity index (χ2v) is 9.57. The van der Waals surface area contributed by atoms with Crippen LogP contribution in [0.4, 0.5) is 0 Å². The van der Waals surface area contributed by atoms with Crippen LogP contribution in [0.1, 0.15) is 44.4 Å². The normalized spacial score (nSPS) is 10.5. The Balaban J connectivity index is 0.000000249. The van der Waals surface area contributed by atoms with Crippen molar-refractivity contribution in [2.75, 3.05) is 0 Å². The van der Waals surface area contributed by atoms with Crippen molar-refractivity contribution in [2.24, 2.45) is 5.73 Å². The molecule has 0 saturated carbocycles. The summed E-state index contributed by atoms with van der Waals surface area (Å²) in [5.41, 5.74) is 7.79. The van der Waals surface area contributed by atoms with Crippen LogP contribution in [0, 0.1) is 22.7 Å². The summed E-state index contributed by atoms with van der Waals surface area (Å²) in [6, 6.07) is 26.7. The van der Waals surface area contributed by atoms with Crippen LogP contribution >= 0.6 is 34.8 Å². The predicted molar refractivity (Wildman–Crippen MR) is 140 cm³/mol. The maximum atomic E-state index is 8.86. The summed E-state index contributed by atoms with van der Waals surface area (Å²) in [4.78, 5) is 0. The average molecular weight is 501 g/mol. The SMILES string of the molecule is CC(C)(C#N)c1ccccc1Cl.CC(C)(N)c1ccccc1Cl.N#CCc1ccccc1Cl. The average Bonchev–Trinajstić information content (AvgIpc) is 2.76. The van der Waals surface area contributed by atoms with Crippen LogP contribution in [0.15, 0.2) is 72.8 Å². The standard InChI is InChI=1S/C10H10ClN.C9H12ClN.C8H6ClN/c1-10(2,7-12)8-5-3-4-6-9(8)11;1-9(2,11)7-5-3-4-6-8(7)10;9-8-4-2-1-3-7(8)5-6-10/h3-6H,1-2H3;3-6H,11H2,1-2H3;1-4H,5H2. The van der Waals surface area contributed by atoms with Crippen molar-refractivity contribution < 1.29 is 0 Å². The molecule has 6 heteroatoms. The Labute approximate surface area is 212 Å². The van der Waals surface area contributed by atoms with Gasteiger partial charge in [-0.25, -0.2) is 0 Å². The zero-order valence-corrected chi connectivity index (χ0v) is 21.5. The molecule has 0 aromatic heterocycles. The molecule has 172 valence electrons. The van der Waals surface area contributed by atoms with Gasteiger partial charge in [0.15, 0.2) is 0 Å². The molecule has 0 fully saturated rings. The van der Waals surface area contributed by atoms with Crippen molar-refractivity contribution in [2.45, 2.75) is 45.1 Å². The Hall–Kier alpha value is -2.53. The third-order valence-electron chi connectivity index (χ3n) is 4.62. The molecule has 3 nitrogen and oxygen atoms in total. The number of hydrogen-bond donors (Lipinski definition) is 1. The predicted octanol–water partition coefficient (Wildman–Crippen LogP) is 8.08. The van der Waals surface area contributed by atoms with Gasteiger partial charge in [0.25, 0.3) is 0 Å². The summed E-state index contributed by atoms with van der Waals surface area (Å²) in [6.45, 7) is 7.59. The number of rotatable bonds is 3. The van der Waals surface area contributed by atoms with Crippen LogP contribution in [-0.2, 0) is 17.4 Å². The lowest BCUT2D eigenvalue weighted by Gasteiger charge is -2.20. The molecule has 0 saturated heterocycles. The molecule has 0 aliphatic rings. The summed E-state index contributed by atoms with van der Waals surface area (Å²) in [5.74, 6) is 0. The van der Waals surface area contributed by atoms with Gasteiger partial charge in [-0.3, -0.25) is 0 Å². The fourth-order valence-electron chi connectivity index (χ4n) is 2.74. The van der Waals surface area contributed by atoms with Gasteiger partial charge in [0.05, 0.1) is 24.0 Å². The van der Waals surface area contributed by atoms with Gasteiger partial charge in [-0.15, -0.1) is 0 Å². The van der Waals surface area contributed by atoms with Crippen molar-refractivity contribution >= 4 is 34.8 Å².